The Bertz CT molecular complexity index is 1140. The van der Waals surface area contributed by atoms with Crippen molar-refractivity contribution < 1.29 is 14.3 Å². The smallest absolute Gasteiger partial charge is 0.273 e. The molecule has 2 heterocycles. The van der Waals surface area contributed by atoms with Crippen LogP contribution in [0.15, 0.2) is 42.5 Å². The van der Waals surface area contributed by atoms with Crippen LogP contribution < -0.4 is 9.47 Å². The lowest BCUT2D eigenvalue weighted by atomic mass is 9.91. The van der Waals surface area contributed by atoms with Crippen LogP contribution in [0.4, 0.5) is 0 Å². The van der Waals surface area contributed by atoms with Gasteiger partial charge in [-0.05, 0) is 42.7 Å². The van der Waals surface area contributed by atoms with Crippen molar-refractivity contribution in [3.63, 3.8) is 0 Å². The fourth-order valence-electron chi connectivity index (χ4n) is 5.08. The maximum Gasteiger partial charge on any atom is 0.273 e. The first-order valence-electron chi connectivity index (χ1n) is 11.0. The summed E-state index contributed by atoms with van der Waals surface area (Å²) in [5.74, 6) is 1.32. The molecule has 3 aromatic rings. The number of H-pyrrole nitrogens is 1. The van der Waals surface area contributed by atoms with E-state index in [1.165, 1.54) is 6.42 Å². The maximum atomic E-state index is 13.6. The number of hydrogen-bond acceptors (Lipinski definition) is 4. The SMILES string of the molecule is COc1ccc(C2c3c(-c4ccc(Cl)cc4)n[nH]c3C(=O)N2C2CCCCC2)cc1OC. The van der Waals surface area contributed by atoms with Crippen LogP contribution in [0.25, 0.3) is 11.3 Å². The van der Waals surface area contributed by atoms with Crippen molar-refractivity contribution in [2.45, 2.75) is 44.2 Å². The van der Waals surface area contributed by atoms with Crippen molar-refractivity contribution in [1.82, 2.24) is 15.1 Å². The zero-order valence-corrected chi connectivity index (χ0v) is 19.0. The van der Waals surface area contributed by atoms with Gasteiger partial charge in [0.1, 0.15) is 5.69 Å². The van der Waals surface area contributed by atoms with Gasteiger partial charge in [-0.25, -0.2) is 0 Å². The Balaban J connectivity index is 1.67. The number of nitrogens with one attached hydrogen (secondary N) is 1. The van der Waals surface area contributed by atoms with E-state index in [0.29, 0.717) is 22.2 Å². The summed E-state index contributed by atoms with van der Waals surface area (Å²) in [6.45, 7) is 0. The van der Waals surface area contributed by atoms with Crippen molar-refractivity contribution in [2.75, 3.05) is 14.2 Å². The summed E-state index contributed by atoms with van der Waals surface area (Å²) in [6.07, 6.45) is 5.54. The number of methoxy groups -OCH3 is 2. The average Bonchev–Trinajstić information content (AvgIpc) is 3.38. The van der Waals surface area contributed by atoms with E-state index in [-0.39, 0.29) is 18.0 Å². The zero-order chi connectivity index (χ0) is 22.2. The average molecular weight is 452 g/mol. The quantitative estimate of drug-likeness (QED) is 0.546. The molecule has 0 spiro atoms. The number of ether oxygens (including phenoxy) is 2. The van der Waals surface area contributed by atoms with Crippen LogP contribution in [-0.2, 0) is 0 Å². The van der Waals surface area contributed by atoms with Gasteiger partial charge < -0.3 is 14.4 Å². The fraction of sp³-hybridized carbons (Fsp3) is 0.360. The second-order valence-electron chi connectivity index (χ2n) is 8.39. The predicted molar refractivity (Wildman–Crippen MR) is 123 cm³/mol. The first-order chi connectivity index (χ1) is 15.6. The third-order valence-corrected chi connectivity index (χ3v) is 6.87. The molecule has 1 aromatic heterocycles. The normalized spacial score (nSPS) is 18.7. The second-order valence-corrected chi connectivity index (χ2v) is 8.83. The number of amides is 1. The van der Waals surface area contributed by atoms with Gasteiger partial charge in [0.25, 0.3) is 5.91 Å². The van der Waals surface area contributed by atoms with Gasteiger partial charge in [-0.1, -0.05) is 49.1 Å². The molecular weight excluding hydrogens is 426 g/mol. The third-order valence-electron chi connectivity index (χ3n) is 6.61. The minimum Gasteiger partial charge on any atom is -0.493 e. The number of carbonyl (C=O) groups excluding carboxylic acids is 1. The molecule has 32 heavy (non-hydrogen) atoms. The largest absolute Gasteiger partial charge is 0.493 e. The molecule has 1 unspecified atom stereocenters. The monoisotopic (exact) mass is 451 g/mol. The highest BCUT2D eigenvalue weighted by Crippen LogP contribution is 2.47. The Morgan fingerprint density at radius 3 is 2.41 bits per heavy atom. The molecule has 1 atom stereocenters. The zero-order valence-electron chi connectivity index (χ0n) is 18.2. The first-order valence-corrected chi connectivity index (χ1v) is 11.4. The predicted octanol–water partition coefficient (Wildman–Crippen LogP) is 5.63. The Kier molecular flexibility index (Phi) is 5.55. The van der Waals surface area contributed by atoms with Gasteiger partial charge >= 0.3 is 0 Å². The summed E-state index contributed by atoms with van der Waals surface area (Å²) < 4.78 is 11.0. The van der Waals surface area contributed by atoms with Crippen molar-refractivity contribution in [1.29, 1.82) is 0 Å². The summed E-state index contributed by atoms with van der Waals surface area (Å²) in [6, 6.07) is 13.4. The Labute approximate surface area is 192 Å². The number of benzene rings is 2. The lowest BCUT2D eigenvalue weighted by molar-refractivity contribution is 0.0606. The summed E-state index contributed by atoms with van der Waals surface area (Å²) >= 11 is 6.11. The molecule has 0 saturated heterocycles. The topological polar surface area (TPSA) is 67.5 Å². The Morgan fingerprint density at radius 2 is 1.72 bits per heavy atom. The van der Waals surface area contributed by atoms with E-state index in [1.807, 2.05) is 42.5 Å². The minimum absolute atomic E-state index is 0.0133. The van der Waals surface area contributed by atoms with E-state index < -0.39 is 0 Å². The maximum absolute atomic E-state index is 13.6. The van der Waals surface area contributed by atoms with Gasteiger partial charge in [0, 0.05) is 22.2 Å². The van der Waals surface area contributed by atoms with Crippen LogP contribution in [0.1, 0.15) is 59.8 Å². The van der Waals surface area contributed by atoms with E-state index >= 15 is 0 Å². The number of fused-ring (bicyclic) bond motifs is 1. The summed E-state index contributed by atoms with van der Waals surface area (Å²) in [4.78, 5) is 15.7. The molecule has 1 N–H and O–H groups in total. The molecule has 1 aliphatic carbocycles. The highest BCUT2D eigenvalue weighted by molar-refractivity contribution is 6.30. The third kappa shape index (κ3) is 3.43. The Morgan fingerprint density at radius 1 is 1.00 bits per heavy atom. The lowest BCUT2D eigenvalue weighted by Gasteiger charge is -2.36. The molecule has 0 bridgehead atoms. The highest BCUT2D eigenvalue weighted by Gasteiger charge is 2.45. The van der Waals surface area contributed by atoms with E-state index in [1.54, 1.807) is 14.2 Å². The van der Waals surface area contributed by atoms with Crippen LogP contribution in [-0.4, -0.2) is 41.3 Å². The number of hydrogen-bond donors (Lipinski definition) is 1. The van der Waals surface area contributed by atoms with E-state index in [4.69, 9.17) is 21.1 Å². The molecule has 5 rings (SSSR count). The lowest BCUT2D eigenvalue weighted by Crippen LogP contribution is -2.40. The van der Waals surface area contributed by atoms with Crippen molar-refractivity contribution in [3.8, 4) is 22.8 Å². The summed E-state index contributed by atoms with van der Waals surface area (Å²) in [5, 5.41) is 8.25. The van der Waals surface area contributed by atoms with Crippen LogP contribution in [0.2, 0.25) is 5.02 Å². The number of rotatable bonds is 5. The fourth-order valence-corrected chi connectivity index (χ4v) is 5.21. The summed E-state index contributed by atoms with van der Waals surface area (Å²) in [5.41, 5.74) is 4.17. The molecule has 1 saturated carbocycles. The second kappa shape index (κ2) is 8.51. The standard InChI is InChI=1S/C25H26ClN3O3/c1-31-19-13-10-16(14-20(19)32-2)24-21-22(15-8-11-17(26)12-9-15)27-28-23(21)25(30)29(24)18-6-4-3-5-7-18/h8-14,18,24H,3-7H2,1-2H3,(H,27,28). The number of aromatic amines is 1. The molecule has 2 aromatic carbocycles. The molecule has 166 valence electrons. The minimum atomic E-state index is -0.246. The number of aromatic nitrogens is 2. The number of carbonyl (C=O) groups is 1. The first kappa shape index (κ1) is 20.9. The number of nitrogens with zero attached hydrogens (tertiary/aromatic N) is 2. The van der Waals surface area contributed by atoms with Gasteiger partial charge in [-0.3, -0.25) is 9.89 Å². The molecule has 1 amide bonds. The molecule has 7 heteroatoms. The molecule has 6 nitrogen and oxygen atoms in total. The molecule has 0 radical (unpaired) electrons. The molecular formula is C25H26ClN3O3. The van der Waals surface area contributed by atoms with Crippen LogP contribution in [0.3, 0.4) is 0 Å². The van der Waals surface area contributed by atoms with E-state index in [2.05, 4.69) is 15.1 Å². The van der Waals surface area contributed by atoms with Gasteiger partial charge in [-0.15, -0.1) is 0 Å². The molecule has 1 aliphatic heterocycles. The van der Waals surface area contributed by atoms with Gasteiger partial charge in [0.05, 0.1) is 26.0 Å². The molecule has 2 aliphatic rings. The van der Waals surface area contributed by atoms with Gasteiger partial charge in [0.2, 0.25) is 0 Å². The van der Waals surface area contributed by atoms with Crippen molar-refractivity contribution in [2.24, 2.45) is 0 Å². The van der Waals surface area contributed by atoms with Gasteiger partial charge in [-0.2, -0.15) is 5.10 Å². The van der Waals surface area contributed by atoms with Crippen molar-refractivity contribution >= 4 is 17.5 Å². The van der Waals surface area contributed by atoms with Crippen LogP contribution in [0, 0.1) is 0 Å². The summed E-state index contributed by atoms with van der Waals surface area (Å²) in [7, 11) is 3.25. The highest BCUT2D eigenvalue weighted by atomic mass is 35.5. The number of halogens is 1. The van der Waals surface area contributed by atoms with Crippen LogP contribution >= 0.6 is 11.6 Å². The Hall–Kier alpha value is -2.99. The van der Waals surface area contributed by atoms with Crippen molar-refractivity contribution in [3.05, 3.63) is 64.3 Å². The van der Waals surface area contributed by atoms with E-state index in [9.17, 15) is 4.79 Å². The van der Waals surface area contributed by atoms with Gasteiger partial charge in [0.15, 0.2) is 11.5 Å². The molecule has 1 fully saturated rings. The van der Waals surface area contributed by atoms with Crippen LogP contribution in [0.5, 0.6) is 11.5 Å². The van der Waals surface area contributed by atoms with E-state index in [0.717, 1.165) is 48.1 Å².